The Morgan fingerprint density at radius 2 is 1.78 bits per heavy atom. The Labute approximate surface area is 111 Å². The summed E-state index contributed by atoms with van der Waals surface area (Å²) in [5.41, 5.74) is 1.02. The zero-order valence-corrected chi connectivity index (χ0v) is 12.5. The summed E-state index contributed by atoms with van der Waals surface area (Å²) in [5.74, 6) is 0. The van der Waals surface area contributed by atoms with E-state index in [0.717, 1.165) is 18.4 Å². The molecule has 1 N–H and O–H groups in total. The Morgan fingerprint density at radius 3 is 2.33 bits per heavy atom. The first-order valence-electron chi connectivity index (χ1n) is 6.28. The van der Waals surface area contributed by atoms with E-state index in [4.69, 9.17) is 0 Å². The standard InChI is InChI=1S/C14H23NO2S/c1-12-8-5-6-9-13(12)18(16,17)15-11-7-10-14(2,3)4/h5-6,8-9,15H,7,10-11H2,1-4H3. The van der Waals surface area contributed by atoms with Crippen LogP contribution >= 0.6 is 0 Å². The molecule has 0 heterocycles. The summed E-state index contributed by atoms with van der Waals surface area (Å²) in [6.07, 6.45) is 1.86. The van der Waals surface area contributed by atoms with Gasteiger partial charge < -0.3 is 0 Å². The Kier molecular flexibility index (Phi) is 4.93. The Bertz CT molecular complexity index is 487. The van der Waals surface area contributed by atoms with Gasteiger partial charge in [0.2, 0.25) is 10.0 Å². The Hall–Kier alpha value is -0.870. The molecular formula is C14H23NO2S. The predicted molar refractivity (Wildman–Crippen MR) is 75.1 cm³/mol. The van der Waals surface area contributed by atoms with Crippen LogP contribution < -0.4 is 4.72 Å². The van der Waals surface area contributed by atoms with Gasteiger partial charge in [0, 0.05) is 6.54 Å². The third-order valence-corrected chi connectivity index (χ3v) is 4.40. The highest BCUT2D eigenvalue weighted by atomic mass is 32.2. The smallest absolute Gasteiger partial charge is 0.211 e. The van der Waals surface area contributed by atoms with E-state index < -0.39 is 10.0 Å². The van der Waals surface area contributed by atoms with Crippen LogP contribution in [0.25, 0.3) is 0 Å². The van der Waals surface area contributed by atoms with Crippen LogP contribution in [0.4, 0.5) is 0 Å². The highest BCUT2D eigenvalue weighted by Crippen LogP contribution is 2.20. The molecule has 4 heteroatoms. The van der Waals surface area contributed by atoms with Gasteiger partial charge in [-0.25, -0.2) is 13.1 Å². The van der Waals surface area contributed by atoms with Crippen LogP contribution in [0.2, 0.25) is 0 Å². The van der Waals surface area contributed by atoms with E-state index in [9.17, 15) is 8.42 Å². The van der Waals surface area contributed by atoms with E-state index in [1.165, 1.54) is 0 Å². The average molecular weight is 269 g/mol. The number of aryl methyl sites for hydroxylation is 1. The number of hydrogen-bond donors (Lipinski definition) is 1. The Balaban J connectivity index is 2.59. The molecule has 1 aromatic rings. The monoisotopic (exact) mass is 269 g/mol. The first-order chi connectivity index (χ1) is 8.22. The second-order valence-electron chi connectivity index (χ2n) is 5.83. The fourth-order valence-electron chi connectivity index (χ4n) is 1.76. The van der Waals surface area contributed by atoms with Crippen LogP contribution in [0, 0.1) is 12.3 Å². The van der Waals surface area contributed by atoms with Crippen LogP contribution in [0.3, 0.4) is 0 Å². The van der Waals surface area contributed by atoms with Crippen molar-refractivity contribution in [3.05, 3.63) is 29.8 Å². The van der Waals surface area contributed by atoms with Gasteiger partial charge in [0.25, 0.3) is 0 Å². The van der Waals surface area contributed by atoms with Gasteiger partial charge >= 0.3 is 0 Å². The van der Waals surface area contributed by atoms with Crippen molar-refractivity contribution in [2.24, 2.45) is 5.41 Å². The van der Waals surface area contributed by atoms with Gasteiger partial charge in [-0.3, -0.25) is 0 Å². The molecule has 0 amide bonds. The molecule has 0 radical (unpaired) electrons. The van der Waals surface area contributed by atoms with Crippen molar-refractivity contribution < 1.29 is 8.42 Å². The van der Waals surface area contributed by atoms with Gasteiger partial charge in [-0.1, -0.05) is 39.0 Å². The molecule has 0 saturated carbocycles. The minimum absolute atomic E-state index is 0.244. The lowest BCUT2D eigenvalue weighted by atomic mass is 9.91. The van der Waals surface area contributed by atoms with Gasteiger partial charge in [-0.05, 0) is 36.8 Å². The minimum atomic E-state index is -3.36. The van der Waals surface area contributed by atoms with E-state index in [1.807, 2.05) is 19.1 Å². The highest BCUT2D eigenvalue weighted by molar-refractivity contribution is 7.89. The van der Waals surface area contributed by atoms with Crippen LogP contribution in [-0.4, -0.2) is 15.0 Å². The number of hydrogen-bond acceptors (Lipinski definition) is 2. The first-order valence-corrected chi connectivity index (χ1v) is 7.76. The van der Waals surface area contributed by atoms with E-state index in [2.05, 4.69) is 25.5 Å². The maximum absolute atomic E-state index is 12.1. The molecule has 0 aliphatic rings. The summed E-state index contributed by atoms with van der Waals surface area (Å²) in [5, 5.41) is 0. The van der Waals surface area contributed by atoms with Gasteiger partial charge in [-0.2, -0.15) is 0 Å². The van der Waals surface area contributed by atoms with Crippen molar-refractivity contribution in [3.63, 3.8) is 0 Å². The lowest BCUT2D eigenvalue weighted by molar-refractivity contribution is 0.365. The van der Waals surface area contributed by atoms with Crippen molar-refractivity contribution in [1.82, 2.24) is 4.72 Å². The number of benzene rings is 1. The molecule has 0 fully saturated rings. The van der Waals surface area contributed by atoms with Gasteiger partial charge in [-0.15, -0.1) is 0 Å². The summed E-state index contributed by atoms with van der Waals surface area (Å²) in [4.78, 5) is 0.376. The van der Waals surface area contributed by atoms with E-state index >= 15 is 0 Å². The molecule has 1 aromatic carbocycles. The molecule has 1 rings (SSSR count). The number of rotatable bonds is 5. The maximum atomic E-state index is 12.1. The van der Waals surface area contributed by atoms with Crippen LogP contribution in [-0.2, 0) is 10.0 Å². The summed E-state index contributed by atoms with van der Waals surface area (Å²) in [7, 11) is -3.36. The summed E-state index contributed by atoms with van der Waals surface area (Å²) in [6, 6.07) is 7.04. The fraction of sp³-hybridized carbons (Fsp3) is 0.571. The SMILES string of the molecule is Cc1ccccc1S(=O)(=O)NCCCC(C)(C)C. The van der Waals surface area contributed by atoms with Crippen molar-refractivity contribution in [3.8, 4) is 0 Å². The third kappa shape index (κ3) is 4.78. The molecule has 102 valence electrons. The summed E-state index contributed by atoms with van der Waals surface area (Å²) in [6.45, 7) is 8.77. The molecule has 0 saturated heterocycles. The van der Waals surface area contributed by atoms with Crippen LogP contribution in [0.5, 0.6) is 0 Å². The lowest BCUT2D eigenvalue weighted by Crippen LogP contribution is -2.26. The quantitative estimate of drug-likeness (QED) is 0.835. The molecule has 0 aliphatic carbocycles. The van der Waals surface area contributed by atoms with Crippen molar-refractivity contribution >= 4 is 10.0 Å². The second-order valence-corrected chi connectivity index (χ2v) is 7.56. The number of sulfonamides is 1. The maximum Gasteiger partial charge on any atom is 0.240 e. The fourth-order valence-corrected chi connectivity index (χ4v) is 3.08. The predicted octanol–water partition coefficient (Wildman–Crippen LogP) is 3.10. The van der Waals surface area contributed by atoms with E-state index in [0.29, 0.717) is 11.4 Å². The molecule has 0 aromatic heterocycles. The normalized spacial score (nSPS) is 12.7. The van der Waals surface area contributed by atoms with Crippen LogP contribution in [0.15, 0.2) is 29.2 Å². The van der Waals surface area contributed by atoms with Crippen molar-refractivity contribution in [1.29, 1.82) is 0 Å². The topological polar surface area (TPSA) is 46.2 Å². The summed E-state index contributed by atoms with van der Waals surface area (Å²) >= 11 is 0. The van der Waals surface area contributed by atoms with Crippen LogP contribution in [0.1, 0.15) is 39.2 Å². The molecule has 18 heavy (non-hydrogen) atoms. The minimum Gasteiger partial charge on any atom is -0.211 e. The molecule has 0 spiro atoms. The molecule has 0 atom stereocenters. The van der Waals surface area contributed by atoms with E-state index in [1.54, 1.807) is 12.1 Å². The number of nitrogens with one attached hydrogen (secondary N) is 1. The van der Waals surface area contributed by atoms with Gasteiger partial charge in [0.15, 0.2) is 0 Å². The molecular weight excluding hydrogens is 246 g/mol. The van der Waals surface area contributed by atoms with Crippen molar-refractivity contribution in [2.45, 2.75) is 45.4 Å². The largest absolute Gasteiger partial charge is 0.240 e. The second kappa shape index (κ2) is 5.85. The highest BCUT2D eigenvalue weighted by Gasteiger charge is 2.16. The molecule has 0 bridgehead atoms. The molecule has 0 unspecified atom stereocenters. The Morgan fingerprint density at radius 1 is 1.17 bits per heavy atom. The molecule has 3 nitrogen and oxygen atoms in total. The summed E-state index contributed by atoms with van der Waals surface area (Å²) < 4.78 is 26.8. The first kappa shape index (κ1) is 15.2. The zero-order chi connectivity index (χ0) is 13.8. The van der Waals surface area contributed by atoms with Gasteiger partial charge in [0.05, 0.1) is 4.90 Å². The van der Waals surface area contributed by atoms with Gasteiger partial charge in [0.1, 0.15) is 0 Å². The zero-order valence-electron chi connectivity index (χ0n) is 11.7. The third-order valence-electron chi connectivity index (χ3n) is 2.78. The molecule has 0 aliphatic heterocycles. The van der Waals surface area contributed by atoms with E-state index in [-0.39, 0.29) is 5.41 Å². The van der Waals surface area contributed by atoms with Crippen molar-refractivity contribution in [2.75, 3.05) is 6.54 Å². The lowest BCUT2D eigenvalue weighted by Gasteiger charge is -2.17. The average Bonchev–Trinajstić information content (AvgIpc) is 2.24.